The number of hydrogen-bond donors (Lipinski definition) is 1. The van der Waals surface area contributed by atoms with Gasteiger partial charge in [0, 0.05) is 5.56 Å². The summed E-state index contributed by atoms with van der Waals surface area (Å²) in [5.74, 6) is -1.85. The molecule has 16 heavy (non-hydrogen) atoms. The van der Waals surface area contributed by atoms with E-state index in [9.17, 15) is 13.6 Å². The Balaban J connectivity index is 2.44. The molecule has 2 nitrogen and oxygen atoms in total. The lowest BCUT2D eigenvalue weighted by Crippen LogP contribution is -2.17. The summed E-state index contributed by atoms with van der Waals surface area (Å²) in [7, 11) is 0. The van der Waals surface area contributed by atoms with E-state index in [0.717, 1.165) is 30.0 Å². The Bertz CT molecular complexity index is 493. The van der Waals surface area contributed by atoms with Crippen LogP contribution in [0.5, 0.6) is 0 Å². The van der Waals surface area contributed by atoms with Crippen LogP contribution in [0.3, 0.4) is 0 Å². The Kier molecular flexibility index (Phi) is 3.02. The Hall–Kier alpha value is -1.27. The second kappa shape index (κ2) is 4.31. The van der Waals surface area contributed by atoms with Crippen molar-refractivity contribution in [3.8, 4) is 0 Å². The molecule has 0 spiro atoms. The third-order valence-electron chi connectivity index (χ3n) is 1.92. The first-order valence-electron chi connectivity index (χ1n) is 4.27. The van der Waals surface area contributed by atoms with Gasteiger partial charge in [-0.3, -0.25) is 4.79 Å². The molecule has 6 heteroatoms. The molecular formula is C10H5F2NOS2. The van der Waals surface area contributed by atoms with E-state index in [-0.39, 0.29) is 14.8 Å². The quantitative estimate of drug-likeness (QED) is 0.619. The molecule has 1 fully saturated rings. The van der Waals surface area contributed by atoms with E-state index in [0.29, 0.717) is 0 Å². The van der Waals surface area contributed by atoms with Crippen molar-refractivity contribution in [1.82, 2.24) is 5.32 Å². The molecule has 2 rings (SSSR count). The third kappa shape index (κ3) is 2.12. The van der Waals surface area contributed by atoms with Gasteiger partial charge >= 0.3 is 0 Å². The van der Waals surface area contributed by atoms with E-state index >= 15 is 0 Å². The maximum absolute atomic E-state index is 13.3. The summed E-state index contributed by atoms with van der Waals surface area (Å²) < 4.78 is 26.8. The molecule has 0 bridgehead atoms. The summed E-state index contributed by atoms with van der Waals surface area (Å²) in [6.45, 7) is 0. The van der Waals surface area contributed by atoms with Crippen LogP contribution in [-0.2, 0) is 4.79 Å². The van der Waals surface area contributed by atoms with Gasteiger partial charge in [0.2, 0.25) is 0 Å². The lowest BCUT2D eigenvalue weighted by atomic mass is 10.2. The fraction of sp³-hybridized carbons (Fsp3) is 0. The van der Waals surface area contributed by atoms with Crippen LogP contribution in [0.15, 0.2) is 23.1 Å². The minimum atomic E-state index is -0.710. The van der Waals surface area contributed by atoms with Gasteiger partial charge in [-0.2, -0.15) is 0 Å². The van der Waals surface area contributed by atoms with Gasteiger partial charge < -0.3 is 5.32 Å². The van der Waals surface area contributed by atoms with Crippen LogP contribution < -0.4 is 5.32 Å². The van der Waals surface area contributed by atoms with E-state index < -0.39 is 17.5 Å². The Morgan fingerprint density at radius 3 is 2.44 bits per heavy atom. The standard InChI is InChI=1S/C10H5F2NOS2/c11-6-2-1-3-7(12)5(6)4-8-9(14)13-10(15)16-8/h1-4H,(H,13,14,15)/b8-4-. The monoisotopic (exact) mass is 257 g/mol. The predicted molar refractivity (Wildman–Crippen MR) is 62.7 cm³/mol. The topological polar surface area (TPSA) is 29.1 Å². The highest BCUT2D eigenvalue weighted by Crippen LogP contribution is 2.27. The van der Waals surface area contributed by atoms with E-state index in [1.807, 2.05) is 0 Å². The lowest BCUT2D eigenvalue weighted by Gasteiger charge is -1.99. The number of thioether (sulfide) groups is 1. The first kappa shape index (κ1) is 11.2. The van der Waals surface area contributed by atoms with Crippen LogP contribution in [0.25, 0.3) is 6.08 Å². The van der Waals surface area contributed by atoms with Crippen molar-refractivity contribution in [2.75, 3.05) is 0 Å². The molecule has 0 saturated carbocycles. The van der Waals surface area contributed by atoms with Gasteiger partial charge in [0.15, 0.2) is 0 Å². The molecule has 1 N–H and O–H groups in total. The minimum Gasteiger partial charge on any atom is -0.307 e. The Morgan fingerprint density at radius 1 is 1.31 bits per heavy atom. The number of hydrogen-bond acceptors (Lipinski definition) is 3. The highest BCUT2D eigenvalue weighted by Gasteiger charge is 2.23. The van der Waals surface area contributed by atoms with Crippen LogP contribution in [-0.4, -0.2) is 10.2 Å². The average Bonchev–Trinajstić information content (AvgIpc) is 2.51. The van der Waals surface area contributed by atoms with Crippen LogP contribution >= 0.6 is 24.0 Å². The zero-order valence-electron chi connectivity index (χ0n) is 7.79. The molecule has 1 aromatic carbocycles. The van der Waals surface area contributed by atoms with Crippen LogP contribution in [0.2, 0.25) is 0 Å². The van der Waals surface area contributed by atoms with E-state index in [1.54, 1.807) is 0 Å². The second-order valence-corrected chi connectivity index (χ2v) is 4.71. The van der Waals surface area contributed by atoms with Crippen molar-refractivity contribution < 1.29 is 13.6 Å². The molecule has 0 aromatic heterocycles. The van der Waals surface area contributed by atoms with Gasteiger partial charge in [-0.15, -0.1) is 0 Å². The first-order chi connectivity index (χ1) is 7.58. The first-order valence-corrected chi connectivity index (χ1v) is 5.49. The van der Waals surface area contributed by atoms with Crippen LogP contribution in [0.1, 0.15) is 5.56 Å². The fourth-order valence-corrected chi connectivity index (χ4v) is 2.23. The summed E-state index contributed by atoms with van der Waals surface area (Å²) in [6.07, 6.45) is 1.16. The molecule has 1 aliphatic heterocycles. The zero-order chi connectivity index (χ0) is 11.7. The number of nitrogens with one attached hydrogen (secondary N) is 1. The minimum absolute atomic E-state index is 0.189. The molecule has 1 aromatic rings. The number of amides is 1. The van der Waals surface area contributed by atoms with E-state index in [1.165, 1.54) is 6.07 Å². The largest absolute Gasteiger partial charge is 0.307 e. The number of carbonyl (C=O) groups excluding carboxylic acids is 1. The van der Waals surface area contributed by atoms with Crippen LogP contribution in [0.4, 0.5) is 8.78 Å². The molecule has 0 atom stereocenters. The number of halogens is 2. The van der Waals surface area contributed by atoms with E-state index in [4.69, 9.17) is 12.2 Å². The normalized spacial score (nSPS) is 18.0. The summed E-state index contributed by atoms with van der Waals surface area (Å²) in [4.78, 5) is 11.5. The molecule has 1 saturated heterocycles. The van der Waals surface area contributed by atoms with Crippen molar-refractivity contribution in [3.63, 3.8) is 0 Å². The highest BCUT2D eigenvalue weighted by atomic mass is 32.2. The molecule has 0 unspecified atom stereocenters. The van der Waals surface area contributed by atoms with Crippen molar-refractivity contribution >= 4 is 40.3 Å². The van der Waals surface area contributed by atoms with Gasteiger partial charge in [0.05, 0.1) is 4.91 Å². The molecular weight excluding hydrogens is 252 g/mol. The second-order valence-electron chi connectivity index (χ2n) is 2.99. The third-order valence-corrected chi connectivity index (χ3v) is 3.08. The SMILES string of the molecule is O=C1NC(=S)S/C1=C\c1c(F)cccc1F. The van der Waals surface area contributed by atoms with Gasteiger partial charge in [0.1, 0.15) is 16.0 Å². The zero-order valence-corrected chi connectivity index (χ0v) is 9.42. The number of carbonyl (C=O) groups is 1. The van der Waals surface area contributed by atoms with E-state index in [2.05, 4.69) is 5.32 Å². The van der Waals surface area contributed by atoms with Crippen LogP contribution in [0, 0.1) is 11.6 Å². The summed E-state index contributed by atoms with van der Waals surface area (Å²) in [5.41, 5.74) is -0.232. The van der Waals surface area contributed by atoms with Crippen molar-refractivity contribution in [3.05, 3.63) is 40.3 Å². The molecule has 82 valence electrons. The summed E-state index contributed by atoms with van der Waals surface area (Å²) in [5, 5.41) is 2.37. The van der Waals surface area contributed by atoms with Crippen molar-refractivity contribution in [1.29, 1.82) is 0 Å². The summed E-state index contributed by atoms with van der Waals surface area (Å²) >= 11 is 5.74. The lowest BCUT2D eigenvalue weighted by molar-refractivity contribution is -0.115. The maximum Gasteiger partial charge on any atom is 0.263 e. The molecule has 0 aliphatic carbocycles. The molecule has 1 aliphatic rings. The molecule has 1 heterocycles. The van der Waals surface area contributed by atoms with Gasteiger partial charge in [0.25, 0.3) is 5.91 Å². The predicted octanol–water partition coefficient (Wildman–Crippen LogP) is 2.45. The molecule has 0 radical (unpaired) electrons. The number of rotatable bonds is 1. The number of benzene rings is 1. The highest BCUT2D eigenvalue weighted by molar-refractivity contribution is 8.26. The van der Waals surface area contributed by atoms with Gasteiger partial charge in [-0.05, 0) is 18.2 Å². The Morgan fingerprint density at radius 2 is 1.94 bits per heavy atom. The Labute approximate surface area is 99.7 Å². The average molecular weight is 257 g/mol. The van der Waals surface area contributed by atoms with Crippen molar-refractivity contribution in [2.24, 2.45) is 0 Å². The summed E-state index contributed by atoms with van der Waals surface area (Å²) in [6, 6.07) is 3.52. The molecule has 1 amide bonds. The van der Waals surface area contributed by atoms with Gasteiger partial charge in [-0.1, -0.05) is 30.0 Å². The maximum atomic E-state index is 13.3. The fourth-order valence-electron chi connectivity index (χ4n) is 1.20. The smallest absolute Gasteiger partial charge is 0.263 e. The van der Waals surface area contributed by atoms with Gasteiger partial charge in [-0.25, -0.2) is 8.78 Å². The number of thiocarbonyl (C=S) groups is 1. The van der Waals surface area contributed by atoms with Crippen molar-refractivity contribution in [2.45, 2.75) is 0 Å².